The van der Waals surface area contributed by atoms with E-state index in [2.05, 4.69) is 210 Å². The summed E-state index contributed by atoms with van der Waals surface area (Å²) in [5, 5.41) is 0. The molecule has 0 aliphatic heterocycles. The molecule has 9 rings (SSSR count). The number of benzene rings is 7. The molecule has 0 fully saturated rings. The van der Waals surface area contributed by atoms with Gasteiger partial charge in [-0.2, -0.15) is 0 Å². The molecule has 1 spiro atoms. The minimum absolute atomic E-state index is 0.0263. The maximum absolute atomic E-state index is 2.52. The minimum atomic E-state index is -0.413. The first-order valence-corrected chi connectivity index (χ1v) is 18.6. The van der Waals surface area contributed by atoms with Gasteiger partial charge < -0.3 is 4.90 Å². The Bertz CT molecular complexity index is 2390. The van der Waals surface area contributed by atoms with Crippen molar-refractivity contribution in [1.82, 2.24) is 0 Å². The molecular weight excluding hydrogens is 627 g/mol. The predicted octanol–water partition coefficient (Wildman–Crippen LogP) is 13.8. The van der Waals surface area contributed by atoms with Crippen LogP contribution in [0.4, 0.5) is 17.1 Å². The van der Waals surface area contributed by atoms with Gasteiger partial charge in [-0.05, 0) is 102 Å². The first kappa shape index (κ1) is 32.3. The highest BCUT2D eigenvalue weighted by Crippen LogP contribution is 2.63. The van der Waals surface area contributed by atoms with E-state index in [9.17, 15) is 0 Å². The highest BCUT2D eigenvalue weighted by molar-refractivity contribution is 5.97. The zero-order chi connectivity index (χ0) is 35.8. The first-order valence-electron chi connectivity index (χ1n) is 18.6. The summed E-state index contributed by atoms with van der Waals surface area (Å²) in [6.45, 7) is 14.0. The number of nitrogens with zero attached hydrogens (tertiary/aromatic N) is 1. The largest absolute Gasteiger partial charge is 0.310 e. The normalized spacial score (nSPS) is 13.7. The Morgan fingerprint density at radius 2 is 0.808 bits per heavy atom. The zero-order valence-electron chi connectivity index (χ0n) is 31.0. The van der Waals surface area contributed by atoms with Crippen molar-refractivity contribution in [3.8, 4) is 33.4 Å². The summed E-state index contributed by atoms with van der Waals surface area (Å²) in [7, 11) is 0. The van der Waals surface area contributed by atoms with E-state index in [1.165, 1.54) is 72.4 Å². The molecular formula is C51H45N. The molecule has 0 N–H and O–H groups in total. The van der Waals surface area contributed by atoms with E-state index in [0.29, 0.717) is 0 Å². The molecule has 0 radical (unpaired) electrons. The Morgan fingerprint density at radius 1 is 0.365 bits per heavy atom. The van der Waals surface area contributed by atoms with Crippen molar-refractivity contribution in [2.45, 2.75) is 57.8 Å². The van der Waals surface area contributed by atoms with Crippen LogP contribution in [0.1, 0.15) is 74.9 Å². The Hall–Kier alpha value is -5.66. The van der Waals surface area contributed by atoms with Crippen molar-refractivity contribution in [1.29, 1.82) is 0 Å². The van der Waals surface area contributed by atoms with Crippen LogP contribution in [-0.2, 0) is 16.2 Å². The molecule has 1 nitrogen and oxygen atoms in total. The molecule has 2 aliphatic rings. The summed E-state index contributed by atoms with van der Waals surface area (Å²) >= 11 is 0. The third kappa shape index (κ3) is 4.83. The van der Waals surface area contributed by atoms with Crippen LogP contribution in [0.2, 0.25) is 0 Å². The van der Waals surface area contributed by atoms with Gasteiger partial charge in [0.1, 0.15) is 0 Å². The van der Waals surface area contributed by atoms with E-state index in [4.69, 9.17) is 0 Å². The molecule has 0 aromatic heterocycles. The van der Waals surface area contributed by atoms with Gasteiger partial charge in [0.2, 0.25) is 0 Å². The van der Waals surface area contributed by atoms with Crippen LogP contribution in [0.5, 0.6) is 0 Å². The first-order chi connectivity index (χ1) is 25.1. The van der Waals surface area contributed by atoms with Gasteiger partial charge >= 0.3 is 0 Å². The van der Waals surface area contributed by atoms with E-state index in [1.54, 1.807) is 0 Å². The van der Waals surface area contributed by atoms with Crippen molar-refractivity contribution in [3.63, 3.8) is 0 Å². The van der Waals surface area contributed by atoms with E-state index >= 15 is 0 Å². The fourth-order valence-corrected chi connectivity index (χ4v) is 8.79. The number of para-hydroxylation sites is 1. The molecule has 0 atom stereocenters. The Kier molecular flexibility index (Phi) is 7.25. The van der Waals surface area contributed by atoms with E-state index in [1.807, 2.05) is 0 Å². The molecule has 7 aromatic carbocycles. The Labute approximate surface area is 309 Å². The summed E-state index contributed by atoms with van der Waals surface area (Å²) in [5.41, 5.74) is 18.8. The van der Waals surface area contributed by atoms with Gasteiger partial charge in [-0.15, -0.1) is 0 Å². The van der Waals surface area contributed by atoms with Gasteiger partial charge in [-0.1, -0.05) is 175 Å². The summed E-state index contributed by atoms with van der Waals surface area (Å²) < 4.78 is 0. The van der Waals surface area contributed by atoms with Crippen molar-refractivity contribution in [3.05, 3.63) is 197 Å². The van der Waals surface area contributed by atoms with E-state index in [0.717, 1.165) is 11.4 Å². The number of anilines is 3. The quantitative estimate of drug-likeness (QED) is 0.180. The summed E-state index contributed by atoms with van der Waals surface area (Å²) in [6.07, 6.45) is 0. The van der Waals surface area contributed by atoms with Crippen molar-refractivity contribution < 1.29 is 0 Å². The van der Waals surface area contributed by atoms with E-state index in [-0.39, 0.29) is 10.8 Å². The summed E-state index contributed by atoms with van der Waals surface area (Å²) in [4.78, 5) is 2.52. The van der Waals surface area contributed by atoms with Gasteiger partial charge in [0.25, 0.3) is 0 Å². The monoisotopic (exact) mass is 671 g/mol. The average Bonchev–Trinajstić information content (AvgIpc) is 3.62. The van der Waals surface area contributed by atoms with Crippen LogP contribution < -0.4 is 4.90 Å². The van der Waals surface area contributed by atoms with Gasteiger partial charge in [0, 0.05) is 16.9 Å². The van der Waals surface area contributed by atoms with Crippen LogP contribution in [0.3, 0.4) is 0 Å². The lowest BCUT2D eigenvalue weighted by Gasteiger charge is -2.34. The molecule has 0 unspecified atom stereocenters. The van der Waals surface area contributed by atoms with Crippen LogP contribution in [0.15, 0.2) is 164 Å². The van der Waals surface area contributed by atoms with Crippen molar-refractivity contribution in [2.75, 3.05) is 4.90 Å². The molecule has 52 heavy (non-hydrogen) atoms. The molecule has 0 heterocycles. The number of hydrogen-bond donors (Lipinski definition) is 0. The number of hydrogen-bond acceptors (Lipinski definition) is 1. The lowest BCUT2D eigenvalue weighted by atomic mass is 9.70. The fraction of sp³-hybridized carbons (Fsp3) is 0.176. The second-order valence-corrected chi connectivity index (χ2v) is 16.6. The third-order valence-corrected chi connectivity index (χ3v) is 11.4. The molecule has 0 saturated heterocycles. The van der Waals surface area contributed by atoms with Gasteiger partial charge in [-0.3, -0.25) is 0 Å². The lowest BCUT2D eigenvalue weighted by molar-refractivity contribution is 0.569. The molecule has 254 valence electrons. The van der Waals surface area contributed by atoms with E-state index < -0.39 is 5.41 Å². The molecule has 0 amide bonds. The standard InChI is InChI=1S/C51H45N/c1-49(2,3)35-30-36(50(4,5)6)32-38(31-35)52(48-27-17-13-20-39(48)34-18-8-7-9-19-34)37-28-29-43-42-23-12-16-26-46(42)51(47(43)33-37)44-24-14-10-21-40(44)41-22-11-15-25-45(41)51/h7-33H,1-6H3. The summed E-state index contributed by atoms with van der Waals surface area (Å²) in [5.74, 6) is 0. The van der Waals surface area contributed by atoms with Gasteiger partial charge in [0.05, 0.1) is 11.1 Å². The molecule has 1 heteroatoms. The predicted molar refractivity (Wildman–Crippen MR) is 220 cm³/mol. The van der Waals surface area contributed by atoms with Crippen LogP contribution in [0, 0.1) is 0 Å². The Balaban J connectivity index is 1.37. The highest BCUT2D eigenvalue weighted by atomic mass is 15.1. The molecule has 2 aliphatic carbocycles. The summed E-state index contributed by atoms with van der Waals surface area (Å²) in [6, 6.07) is 61.5. The lowest BCUT2D eigenvalue weighted by Crippen LogP contribution is -2.26. The zero-order valence-corrected chi connectivity index (χ0v) is 31.0. The Morgan fingerprint density at radius 3 is 1.33 bits per heavy atom. The average molecular weight is 672 g/mol. The van der Waals surface area contributed by atoms with Crippen LogP contribution >= 0.6 is 0 Å². The van der Waals surface area contributed by atoms with Crippen molar-refractivity contribution in [2.24, 2.45) is 0 Å². The second-order valence-electron chi connectivity index (χ2n) is 16.6. The fourth-order valence-electron chi connectivity index (χ4n) is 8.79. The highest BCUT2D eigenvalue weighted by Gasteiger charge is 2.51. The second kappa shape index (κ2) is 11.7. The smallest absolute Gasteiger partial charge is 0.0726 e. The van der Waals surface area contributed by atoms with Gasteiger partial charge in [0.15, 0.2) is 0 Å². The number of fused-ring (bicyclic) bond motifs is 10. The molecule has 0 bridgehead atoms. The number of rotatable bonds is 4. The van der Waals surface area contributed by atoms with Crippen LogP contribution in [0.25, 0.3) is 33.4 Å². The molecule has 0 saturated carbocycles. The maximum atomic E-state index is 2.52. The topological polar surface area (TPSA) is 3.24 Å². The van der Waals surface area contributed by atoms with Gasteiger partial charge in [-0.25, -0.2) is 0 Å². The maximum Gasteiger partial charge on any atom is 0.0726 e. The third-order valence-electron chi connectivity index (χ3n) is 11.4. The van der Waals surface area contributed by atoms with Crippen molar-refractivity contribution >= 4 is 17.1 Å². The SMILES string of the molecule is CC(C)(C)c1cc(N(c2ccc3c(c2)C2(c4ccccc4-c4ccccc42)c2ccccc2-3)c2ccccc2-c2ccccc2)cc(C(C)(C)C)c1. The molecule has 7 aromatic rings. The van der Waals surface area contributed by atoms with Crippen LogP contribution in [-0.4, -0.2) is 0 Å². The minimum Gasteiger partial charge on any atom is -0.310 e.